The van der Waals surface area contributed by atoms with Gasteiger partial charge in [-0.15, -0.1) is 0 Å². The number of nitro groups is 1. The lowest BCUT2D eigenvalue weighted by atomic mass is 9.75. The van der Waals surface area contributed by atoms with Gasteiger partial charge in [0.1, 0.15) is 0 Å². The smallest absolute Gasteiger partial charge is 0.352 e. The number of nitrogens with zero attached hydrogens (tertiary/aromatic N) is 1. The Kier molecular flexibility index (Phi) is 7.63. The van der Waals surface area contributed by atoms with E-state index in [1.807, 2.05) is 0 Å². The van der Waals surface area contributed by atoms with Crippen LogP contribution in [0.4, 0.5) is 10.1 Å². The Morgan fingerprint density at radius 1 is 0.912 bits per heavy atom. The molecule has 34 heavy (non-hydrogen) atoms. The molecule has 3 aromatic rings. The minimum absolute atomic E-state index is 0.188. The summed E-state index contributed by atoms with van der Waals surface area (Å²) in [6.07, 6.45) is -0.484. The molecule has 0 heterocycles. The first-order valence-electron chi connectivity index (χ1n) is 10.6. The van der Waals surface area contributed by atoms with Gasteiger partial charge in [0.05, 0.1) is 11.5 Å². The van der Waals surface area contributed by atoms with Gasteiger partial charge in [0.25, 0.3) is 11.4 Å². The summed E-state index contributed by atoms with van der Waals surface area (Å²) in [5.74, 6) is -4.62. The summed E-state index contributed by atoms with van der Waals surface area (Å²) in [6, 6.07) is 20.4. The molecule has 0 N–H and O–H groups in total. The summed E-state index contributed by atoms with van der Waals surface area (Å²) in [7, 11) is 0. The van der Waals surface area contributed by atoms with E-state index >= 15 is 4.39 Å². The van der Waals surface area contributed by atoms with Crippen LogP contribution >= 0.6 is 0 Å². The van der Waals surface area contributed by atoms with Crippen LogP contribution in [0.5, 0.6) is 0 Å². The number of nitro benzene ring substituents is 1. The van der Waals surface area contributed by atoms with Crippen LogP contribution in [0.25, 0.3) is 0 Å². The zero-order valence-electron chi connectivity index (χ0n) is 18.3. The molecular formula is C26H22FNO6. The van der Waals surface area contributed by atoms with Crippen LogP contribution in [0.15, 0.2) is 84.9 Å². The number of carbonyl (C=O) groups excluding carboxylic acids is 3. The summed E-state index contributed by atoms with van der Waals surface area (Å²) in [4.78, 5) is 49.7. The topological polar surface area (TPSA) is 104 Å². The maximum atomic E-state index is 16.8. The summed E-state index contributed by atoms with van der Waals surface area (Å²) in [5.41, 5.74) is -3.24. The third-order valence-corrected chi connectivity index (χ3v) is 5.41. The number of halogens is 1. The molecule has 0 bridgehead atoms. The lowest BCUT2D eigenvalue weighted by Crippen LogP contribution is -2.49. The fourth-order valence-electron chi connectivity index (χ4n) is 3.67. The van der Waals surface area contributed by atoms with Crippen molar-refractivity contribution in [3.8, 4) is 0 Å². The highest BCUT2D eigenvalue weighted by atomic mass is 19.1. The Balaban J connectivity index is 2.12. The number of ether oxygens (including phenoxy) is 1. The molecule has 0 saturated carbocycles. The molecule has 0 fully saturated rings. The number of non-ortho nitro benzene ring substituents is 1. The third-order valence-electron chi connectivity index (χ3n) is 5.41. The standard InChI is InChI=1S/C26H22FNO6/c1-2-34-25(31)26(27,24(30)20-13-15-21(16-14-20)28(32)33)22(18-9-5-3-6-10-18)17-23(29)19-11-7-4-8-12-19/h3-16,22H,2,17H2,1H3. The molecule has 8 heteroatoms. The monoisotopic (exact) mass is 463 g/mol. The van der Waals surface area contributed by atoms with Crippen molar-refractivity contribution in [3.05, 3.63) is 112 Å². The van der Waals surface area contributed by atoms with Crippen molar-refractivity contribution in [1.82, 2.24) is 0 Å². The predicted octanol–water partition coefficient (Wildman–Crippen LogP) is 5.11. The molecule has 3 rings (SSSR count). The Morgan fingerprint density at radius 2 is 1.47 bits per heavy atom. The van der Waals surface area contributed by atoms with Gasteiger partial charge in [-0.05, 0) is 24.6 Å². The fraction of sp³-hybridized carbons (Fsp3) is 0.192. The first-order valence-corrected chi connectivity index (χ1v) is 10.6. The summed E-state index contributed by atoms with van der Waals surface area (Å²) in [6.45, 7) is 1.29. The van der Waals surface area contributed by atoms with Gasteiger partial charge in [-0.2, -0.15) is 0 Å². The molecule has 0 aliphatic carbocycles. The number of benzene rings is 3. The van der Waals surface area contributed by atoms with Crippen LogP contribution in [0, 0.1) is 10.1 Å². The van der Waals surface area contributed by atoms with E-state index in [0.29, 0.717) is 5.56 Å². The molecule has 0 aliphatic heterocycles. The first kappa shape index (κ1) is 24.4. The number of ketones is 2. The van der Waals surface area contributed by atoms with Crippen LogP contribution in [-0.2, 0) is 9.53 Å². The van der Waals surface area contributed by atoms with Crippen molar-refractivity contribution >= 4 is 23.2 Å². The molecule has 2 unspecified atom stereocenters. The number of esters is 1. The van der Waals surface area contributed by atoms with Crippen molar-refractivity contribution in [2.75, 3.05) is 6.61 Å². The Bertz CT molecular complexity index is 1180. The van der Waals surface area contributed by atoms with Crippen LogP contribution < -0.4 is 0 Å². The highest BCUT2D eigenvalue weighted by molar-refractivity contribution is 6.17. The normalized spacial score (nSPS) is 13.4. The van der Waals surface area contributed by atoms with E-state index in [0.717, 1.165) is 24.3 Å². The molecular weight excluding hydrogens is 441 g/mol. The van der Waals surface area contributed by atoms with E-state index in [-0.39, 0.29) is 23.4 Å². The van der Waals surface area contributed by atoms with E-state index in [1.54, 1.807) is 48.5 Å². The van der Waals surface area contributed by atoms with Crippen molar-refractivity contribution in [1.29, 1.82) is 0 Å². The molecule has 7 nitrogen and oxygen atoms in total. The van der Waals surface area contributed by atoms with Crippen molar-refractivity contribution in [2.24, 2.45) is 0 Å². The number of Topliss-reactive ketones (excluding diaryl/α,β-unsaturated/α-hetero) is 2. The van der Waals surface area contributed by atoms with Gasteiger partial charge in [0, 0.05) is 35.6 Å². The van der Waals surface area contributed by atoms with Crippen molar-refractivity contribution < 1.29 is 28.4 Å². The highest BCUT2D eigenvalue weighted by Gasteiger charge is 2.55. The largest absolute Gasteiger partial charge is 0.463 e. The van der Waals surface area contributed by atoms with Gasteiger partial charge in [-0.1, -0.05) is 60.7 Å². The lowest BCUT2D eigenvalue weighted by molar-refractivity contribution is -0.384. The number of carbonyl (C=O) groups is 3. The Morgan fingerprint density at radius 3 is 2.00 bits per heavy atom. The third kappa shape index (κ3) is 5.06. The van der Waals surface area contributed by atoms with Gasteiger partial charge in [-0.3, -0.25) is 19.7 Å². The molecule has 0 spiro atoms. The molecule has 0 aliphatic rings. The Labute approximate surface area is 195 Å². The van der Waals surface area contributed by atoms with E-state index in [2.05, 4.69) is 0 Å². The van der Waals surface area contributed by atoms with Gasteiger partial charge in [0.15, 0.2) is 5.78 Å². The van der Waals surface area contributed by atoms with E-state index < -0.39 is 40.5 Å². The van der Waals surface area contributed by atoms with Crippen LogP contribution in [-0.4, -0.2) is 34.7 Å². The second kappa shape index (κ2) is 10.6. The van der Waals surface area contributed by atoms with Crippen molar-refractivity contribution in [2.45, 2.75) is 24.9 Å². The second-order valence-corrected chi connectivity index (χ2v) is 7.52. The van der Waals surface area contributed by atoms with Crippen LogP contribution in [0.2, 0.25) is 0 Å². The fourth-order valence-corrected chi connectivity index (χ4v) is 3.67. The molecule has 0 amide bonds. The molecule has 0 radical (unpaired) electrons. The zero-order valence-corrected chi connectivity index (χ0v) is 18.3. The molecule has 174 valence electrons. The first-order chi connectivity index (χ1) is 16.3. The van der Waals surface area contributed by atoms with Gasteiger partial charge >= 0.3 is 5.97 Å². The van der Waals surface area contributed by atoms with Crippen molar-refractivity contribution in [3.63, 3.8) is 0 Å². The van der Waals surface area contributed by atoms with E-state index in [1.165, 1.54) is 19.1 Å². The molecule has 0 saturated heterocycles. The molecule has 2 atom stereocenters. The van der Waals surface area contributed by atoms with Gasteiger partial charge in [-0.25, -0.2) is 9.18 Å². The number of alkyl halides is 1. The number of hydrogen-bond donors (Lipinski definition) is 0. The maximum Gasteiger partial charge on any atom is 0.352 e. The summed E-state index contributed by atoms with van der Waals surface area (Å²) >= 11 is 0. The average molecular weight is 463 g/mol. The van der Waals surface area contributed by atoms with Gasteiger partial charge < -0.3 is 4.74 Å². The van der Waals surface area contributed by atoms with Crippen LogP contribution in [0.1, 0.15) is 45.5 Å². The Hall–Kier alpha value is -4.20. The highest BCUT2D eigenvalue weighted by Crippen LogP contribution is 2.40. The summed E-state index contributed by atoms with van der Waals surface area (Å²) < 4.78 is 21.8. The van der Waals surface area contributed by atoms with E-state index in [9.17, 15) is 24.5 Å². The van der Waals surface area contributed by atoms with Gasteiger partial charge in [0.2, 0.25) is 5.78 Å². The predicted molar refractivity (Wildman–Crippen MR) is 122 cm³/mol. The number of hydrogen-bond acceptors (Lipinski definition) is 6. The lowest BCUT2D eigenvalue weighted by Gasteiger charge is -2.31. The quantitative estimate of drug-likeness (QED) is 0.136. The average Bonchev–Trinajstić information content (AvgIpc) is 2.87. The maximum absolute atomic E-state index is 16.8. The zero-order chi connectivity index (χ0) is 24.7. The van der Waals surface area contributed by atoms with Crippen LogP contribution in [0.3, 0.4) is 0 Å². The molecule has 0 aromatic heterocycles. The number of rotatable bonds is 10. The second-order valence-electron chi connectivity index (χ2n) is 7.52. The minimum Gasteiger partial charge on any atom is -0.463 e. The summed E-state index contributed by atoms with van der Waals surface area (Å²) in [5, 5.41) is 11.0. The molecule has 3 aromatic carbocycles. The SMILES string of the molecule is CCOC(=O)C(F)(C(=O)c1ccc([N+](=O)[O-])cc1)C(CC(=O)c1ccccc1)c1ccccc1. The van der Waals surface area contributed by atoms with E-state index in [4.69, 9.17) is 4.74 Å². The minimum atomic E-state index is -3.25.